The van der Waals surface area contributed by atoms with Gasteiger partial charge in [0, 0.05) is 18.7 Å². The van der Waals surface area contributed by atoms with E-state index in [1.807, 2.05) is 56.3 Å². The van der Waals surface area contributed by atoms with E-state index in [0.29, 0.717) is 5.13 Å². The smallest absolute Gasteiger partial charge is 0.267 e. The van der Waals surface area contributed by atoms with Crippen molar-refractivity contribution in [3.05, 3.63) is 114 Å². The van der Waals surface area contributed by atoms with Crippen molar-refractivity contribution >= 4 is 48.8 Å². The predicted octanol–water partition coefficient (Wildman–Crippen LogP) is 5.96. The van der Waals surface area contributed by atoms with Crippen molar-refractivity contribution in [2.75, 3.05) is 18.1 Å². The molecule has 0 spiro atoms. The lowest BCUT2D eigenvalue weighted by Gasteiger charge is -2.19. The average molecular weight is 545 g/mol. The molecule has 1 amide bonds. The van der Waals surface area contributed by atoms with Crippen LogP contribution in [0.2, 0.25) is 0 Å². The molecule has 194 valence electrons. The van der Waals surface area contributed by atoms with Crippen LogP contribution in [0.25, 0.3) is 10.2 Å². The number of nitrogens with zero attached hydrogens (tertiary/aromatic N) is 4. The Labute approximate surface area is 227 Å². The summed E-state index contributed by atoms with van der Waals surface area (Å²) in [6.07, 6.45) is 4.64. The van der Waals surface area contributed by atoms with E-state index in [9.17, 15) is 13.2 Å². The molecule has 0 aliphatic carbocycles. The second kappa shape index (κ2) is 11.6. The van der Waals surface area contributed by atoms with Crippen LogP contribution in [0.15, 0.2) is 102 Å². The van der Waals surface area contributed by atoms with Gasteiger partial charge in [-0.2, -0.15) is 14.4 Å². The molecule has 0 N–H and O–H groups in total. The highest BCUT2D eigenvalue weighted by molar-refractivity contribution is 7.89. The largest absolute Gasteiger partial charge is 0.280 e. The highest BCUT2D eigenvalue weighted by atomic mass is 32.2. The summed E-state index contributed by atoms with van der Waals surface area (Å²) < 4.78 is 28.3. The van der Waals surface area contributed by atoms with Gasteiger partial charge in [0.15, 0.2) is 0 Å². The minimum absolute atomic E-state index is 0.0721. The quantitative estimate of drug-likeness (QED) is 0.140. The number of carbonyl (C=O) groups excluding carboxylic acids is 1. The number of aryl methyl sites for hydroxylation is 2. The molecule has 0 unspecified atom stereocenters. The minimum Gasteiger partial charge on any atom is -0.267 e. The Kier molecular flexibility index (Phi) is 8.31. The van der Waals surface area contributed by atoms with Crippen LogP contribution in [0.1, 0.15) is 27.0 Å². The van der Waals surface area contributed by atoms with E-state index in [1.54, 1.807) is 6.21 Å². The lowest BCUT2D eigenvalue weighted by atomic mass is 10.2. The average Bonchev–Trinajstić information content (AvgIpc) is 3.32. The van der Waals surface area contributed by atoms with Crippen LogP contribution in [0.3, 0.4) is 0 Å². The molecule has 4 aromatic rings. The molecule has 0 bridgehead atoms. The van der Waals surface area contributed by atoms with E-state index in [0.717, 1.165) is 26.9 Å². The molecular weight excluding hydrogens is 516 g/mol. The van der Waals surface area contributed by atoms with Crippen molar-refractivity contribution in [2.24, 2.45) is 5.10 Å². The number of sulfonamides is 1. The van der Waals surface area contributed by atoms with Gasteiger partial charge in [0.2, 0.25) is 15.2 Å². The predicted molar refractivity (Wildman–Crippen MR) is 156 cm³/mol. The number of carbonyl (C=O) groups is 1. The maximum atomic E-state index is 13.7. The van der Waals surface area contributed by atoms with Crippen molar-refractivity contribution < 1.29 is 13.2 Å². The Hall–Kier alpha value is -3.92. The number of benzene rings is 3. The Morgan fingerprint density at radius 3 is 2.21 bits per heavy atom. The molecule has 0 saturated heterocycles. The van der Waals surface area contributed by atoms with Gasteiger partial charge < -0.3 is 0 Å². The number of amides is 1. The van der Waals surface area contributed by atoms with E-state index in [4.69, 9.17) is 0 Å². The molecule has 1 heterocycles. The van der Waals surface area contributed by atoms with Crippen molar-refractivity contribution in [1.82, 2.24) is 9.29 Å². The number of hydrazone groups is 1. The highest BCUT2D eigenvalue weighted by Gasteiger charge is 2.25. The summed E-state index contributed by atoms with van der Waals surface area (Å²) in [5, 5.41) is 6.16. The number of thiazole rings is 1. The van der Waals surface area contributed by atoms with E-state index in [1.165, 1.54) is 57.1 Å². The minimum atomic E-state index is -3.79. The normalized spacial score (nSPS) is 11.8. The van der Waals surface area contributed by atoms with Gasteiger partial charge in [-0.1, -0.05) is 59.4 Å². The van der Waals surface area contributed by atoms with Gasteiger partial charge in [-0.25, -0.2) is 13.4 Å². The number of anilines is 1. The third-order valence-corrected chi connectivity index (χ3v) is 8.55. The summed E-state index contributed by atoms with van der Waals surface area (Å²) in [6, 6.07) is 19.5. The van der Waals surface area contributed by atoms with Crippen LogP contribution in [0, 0.1) is 13.8 Å². The Bertz CT molecular complexity index is 1600. The summed E-state index contributed by atoms with van der Waals surface area (Å²) in [7, 11) is -3.79. The Morgan fingerprint density at radius 2 is 1.58 bits per heavy atom. The molecule has 4 rings (SSSR count). The van der Waals surface area contributed by atoms with Gasteiger partial charge in [0.1, 0.15) is 0 Å². The molecule has 0 aliphatic heterocycles. The molecule has 0 atom stereocenters. The van der Waals surface area contributed by atoms with Gasteiger partial charge in [0.05, 0.1) is 21.3 Å². The molecule has 0 aliphatic rings. The van der Waals surface area contributed by atoms with Crippen LogP contribution in [-0.4, -0.2) is 42.9 Å². The van der Waals surface area contributed by atoms with Crippen LogP contribution < -0.4 is 5.01 Å². The first kappa shape index (κ1) is 27.1. The van der Waals surface area contributed by atoms with Crippen LogP contribution in [0.4, 0.5) is 5.13 Å². The van der Waals surface area contributed by atoms with Gasteiger partial charge >= 0.3 is 0 Å². The fraction of sp³-hybridized carbons (Fsp3) is 0.138. The second-order valence-corrected chi connectivity index (χ2v) is 11.6. The molecule has 1 aromatic heterocycles. The Morgan fingerprint density at radius 1 is 0.947 bits per heavy atom. The molecular formula is C29H28N4O3S2. The first-order valence-electron chi connectivity index (χ1n) is 11.9. The lowest BCUT2D eigenvalue weighted by molar-refractivity contribution is 0.0987. The second-order valence-electron chi connectivity index (χ2n) is 8.66. The third kappa shape index (κ3) is 5.96. The lowest BCUT2D eigenvalue weighted by Crippen LogP contribution is -2.31. The standard InChI is InChI=1S/C29H28N4O3S2/c1-5-17-32(18-6-2)38(35,36)25-14-12-24(13-15-25)28(34)33(30-20-23-10-7-21(3)8-11-23)29-31-26-16-9-22(4)19-27(26)37-29/h5-16,19-20H,1-2,17-18H2,3-4H3/b30-20+. The molecule has 0 radical (unpaired) electrons. The van der Waals surface area contributed by atoms with Crippen LogP contribution in [-0.2, 0) is 10.0 Å². The number of rotatable bonds is 10. The topological polar surface area (TPSA) is 82.9 Å². The van der Waals surface area contributed by atoms with Crippen molar-refractivity contribution in [3.63, 3.8) is 0 Å². The number of fused-ring (bicyclic) bond motifs is 1. The van der Waals surface area contributed by atoms with E-state index in [-0.39, 0.29) is 23.5 Å². The zero-order valence-corrected chi connectivity index (χ0v) is 22.9. The number of hydrogen-bond acceptors (Lipinski definition) is 6. The first-order chi connectivity index (χ1) is 18.2. The zero-order chi connectivity index (χ0) is 27.3. The van der Waals surface area contributed by atoms with E-state index in [2.05, 4.69) is 23.2 Å². The van der Waals surface area contributed by atoms with E-state index < -0.39 is 15.9 Å². The molecule has 9 heteroatoms. The monoisotopic (exact) mass is 544 g/mol. The van der Waals surface area contributed by atoms with Crippen LogP contribution in [0.5, 0.6) is 0 Å². The van der Waals surface area contributed by atoms with Crippen molar-refractivity contribution in [2.45, 2.75) is 18.7 Å². The Balaban J connectivity index is 1.70. The summed E-state index contributed by atoms with van der Waals surface area (Å²) in [4.78, 5) is 18.4. The SMILES string of the molecule is C=CCN(CC=C)S(=O)(=O)c1ccc(C(=O)N(/N=C/c2ccc(C)cc2)c2nc3ccc(C)cc3s2)cc1. The fourth-order valence-electron chi connectivity index (χ4n) is 3.68. The van der Waals surface area contributed by atoms with Crippen molar-refractivity contribution in [1.29, 1.82) is 0 Å². The molecule has 7 nitrogen and oxygen atoms in total. The molecule has 0 saturated carbocycles. The summed E-state index contributed by atoms with van der Waals surface area (Å²) in [5.41, 5.74) is 4.08. The maximum absolute atomic E-state index is 13.7. The first-order valence-corrected chi connectivity index (χ1v) is 14.1. The molecule has 3 aromatic carbocycles. The van der Waals surface area contributed by atoms with Gasteiger partial charge in [-0.05, 0) is 61.4 Å². The molecule has 38 heavy (non-hydrogen) atoms. The van der Waals surface area contributed by atoms with Gasteiger partial charge in [0.25, 0.3) is 5.91 Å². The zero-order valence-electron chi connectivity index (χ0n) is 21.2. The van der Waals surface area contributed by atoms with Gasteiger partial charge in [-0.15, -0.1) is 13.2 Å². The third-order valence-electron chi connectivity index (χ3n) is 5.71. The number of hydrogen-bond donors (Lipinski definition) is 0. The molecule has 0 fully saturated rings. The highest BCUT2D eigenvalue weighted by Crippen LogP contribution is 2.31. The van der Waals surface area contributed by atoms with Crippen LogP contribution >= 0.6 is 11.3 Å². The number of aromatic nitrogens is 1. The summed E-state index contributed by atoms with van der Waals surface area (Å²) >= 11 is 1.36. The van der Waals surface area contributed by atoms with Gasteiger partial charge in [-0.3, -0.25) is 4.79 Å². The van der Waals surface area contributed by atoms with E-state index >= 15 is 0 Å². The fourth-order valence-corrected chi connectivity index (χ4v) is 6.08. The summed E-state index contributed by atoms with van der Waals surface area (Å²) in [5.74, 6) is -0.429. The maximum Gasteiger partial charge on any atom is 0.280 e. The van der Waals surface area contributed by atoms with Crippen molar-refractivity contribution in [3.8, 4) is 0 Å². The summed E-state index contributed by atoms with van der Waals surface area (Å²) in [6.45, 7) is 11.5.